The highest BCUT2D eigenvalue weighted by molar-refractivity contribution is 5.47. The Morgan fingerprint density at radius 1 is 1.47 bits per heavy atom. The standard InChI is InChI=1S/C13H17FO3/c1-8(15)5-9-6-10(14)7-12(16-2)13(9)17-11-3-4-11/h6-8,11,15H,3-5H2,1-2H3. The van der Waals surface area contributed by atoms with Crippen molar-refractivity contribution in [3.05, 3.63) is 23.5 Å². The fourth-order valence-corrected chi connectivity index (χ4v) is 1.73. The maximum Gasteiger partial charge on any atom is 0.165 e. The van der Waals surface area contributed by atoms with Crippen LogP contribution < -0.4 is 9.47 Å². The van der Waals surface area contributed by atoms with E-state index in [0.717, 1.165) is 12.8 Å². The largest absolute Gasteiger partial charge is 0.493 e. The first-order valence-corrected chi connectivity index (χ1v) is 5.81. The van der Waals surface area contributed by atoms with Gasteiger partial charge in [0.2, 0.25) is 0 Å². The Hall–Kier alpha value is -1.29. The Morgan fingerprint density at radius 3 is 2.71 bits per heavy atom. The van der Waals surface area contributed by atoms with Crippen molar-refractivity contribution in [1.29, 1.82) is 0 Å². The molecule has 1 fully saturated rings. The van der Waals surface area contributed by atoms with Crippen LogP contribution in [0.15, 0.2) is 12.1 Å². The molecule has 1 saturated carbocycles. The zero-order chi connectivity index (χ0) is 12.4. The molecule has 4 heteroatoms. The summed E-state index contributed by atoms with van der Waals surface area (Å²) in [5.74, 6) is 0.588. The number of ether oxygens (including phenoxy) is 2. The zero-order valence-corrected chi connectivity index (χ0v) is 10.1. The first kappa shape index (κ1) is 12.2. The number of aliphatic hydroxyl groups excluding tert-OH is 1. The Balaban J connectivity index is 2.33. The molecule has 3 nitrogen and oxygen atoms in total. The third-order valence-electron chi connectivity index (χ3n) is 2.64. The number of hydrogen-bond acceptors (Lipinski definition) is 3. The van der Waals surface area contributed by atoms with Gasteiger partial charge in [-0.3, -0.25) is 0 Å². The van der Waals surface area contributed by atoms with Gasteiger partial charge in [0.15, 0.2) is 11.5 Å². The smallest absolute Gasteiger partial charge is 0.165 e. The van der Waals surface area contributed by atoms with E-state index in [4.69, 9.17) is 9.47 Å². The van der Waals surface area contributed by atoms with Gasteiger partial charge < -0.3 is 14.6 Å². The SMILES string of the molecule is COc1cc(F)cc(CC(C)O)c1OC1CC1. The molecular formula is C13H17FO3. The van der Waals surface area contributed by atoms with Gasteiger partial charge in [-0.2, -0.15) is 0 Å². The summed E-state index contributed by atoms with van der Waals surface area (Å²) in [5.41, 5.74) is 0.656. The van der Waals surface area contributed by atoms with E-state index in [9.17, 15) is 9.50 Å². The monoisotopic (exact) mass is 240 g/mol. The minimum atomic E-state index is -0.539. The zero-order valence-electron chi connectivity index (χ0n) is 10.1. The average molecular weight is 240 g/mol. The van der Waals surface area contributed by atoms with Crippen LogP contribution >= 0.6 is 0 Å². The predicted octanol–water partition coefficient (Wildman–Crippen LogP) is 2.30. The van der Waals surface area contributed by atoms with Crippen LogP contribution in [0, 0.1) is 5.82 Å². The lowest BCUT2D eigenvalue weighted by atomic mass is 10.1. The normalized spacial score (nSPS) is 16.7. The molecule has 0 spiro atoms. The molecule has 0 aromatic heterocycles. The molecule has 94 valence electrons. The topological polar surface area (TPSA) is 38.7 Å². The second-order valence-electron chi connectivity index (χ2n) is 4.47. The highest BCUT2D eigenvalue weighted by atomic mass is 19.1. The molecular weight excluding hydrogens is 223 g/mol. The van der Waals surface area contributed by atoms with Crippen LogP contribution in [0.2, 0.25) is 0 Å². The molecule has 0 bridgehead atoms. The van der Waals surface area contributed by atoms with Gasteiger partial charge in [-0.05, 0) is 25.8 Å². The number of halogens is 1. The third kappa shape index (κ3) is 3.09. The molecule has 0 saturated heterocycles. The number of hydrogen-bond donors (Lipinski definition) is 1. The van der Waals surface area contributed by atoms with Crippen LogP contribution in [-0.2, 0) is 6.42 Å². The van der Waals surface area contributed by atoms with Gasteiger partial charge in [0.05, 0.1) is 19.3 Å². The molecule has 1 aromatic carbocycles. The van der Waals surface area contributed by atoms with Crippen molar-refractivity contribution < 1.29 is 19.0 Å². The van der Waals surface area contributed by atoms with Gasteiger partial charge >= 0.3 is 0 Å². The van der Waals surface area contributed by atoms with E-state index >= 15 is 0 Å². The summed E-state index contributed by atoms with van der Waals surface area (Å²) in [6.45, 7) is 1.66. The number of rotatable bonds is 5. The summed E-state index contributed by atoms with van der Waals surface area (Å²) in [6, 6.07) is 2.70. The van der Waals surface area contributed by atoms with Crippen LogP contribution in [-0.4, -0.2) is 24.4 Å². The number of benzene rings is 1. The van der Waals surface area contributed by atoms with E-state index in [1.807, 2.05) is 0 Å². The lowest BCUT2D eigenvalue weighted by molar-refractivity contribution is 0.192. The fourth-order valence-electron chi connectivity index (χ4n) is 1.73. The molecule has 2 rings (SSSR count). The third-order valence-corrected chi connectivity index (χ3v) is 2.64. The maximum atomic E-state index is 13.4. The van der Waals surface area contributed by atoms with E-state index in [-0.39, 0.29) is 11.9 Å². The van der Waals surface area contributed by atoms with Crippen molar-refractivity contribution in [3.63, 3.8) is 0 Å². The second-order valence-corrected chi connectivity index (χ2v) is 4.47. The molecule has 1 aliphatic carbocycles. The molecule has 0 heterocycles. The summed E-state index contributed by atoms with van der Waals surface area (Å²) < 4.78 is 24.2. The lowest BCUT2D eigenvalue weighted by Crippen LogP contribution is -2.09. The summed E-state index contributed by atoms with van der Waals surface area (Å²) in [4.78, 5) is 0. The highest BCUT2D eigenvalue weighted by Gasteiger charge is 2.27. The van der Waals surface area contributed by atoms with Crippen LogP contribution in [0.3, 0.4) is 0 Å². The highest BCUT2D eigenvalue weighted by Crippen LogP contribution is 2.37. The minimum absolute atomic E-state index is 0.210. The molecule has 1 aromatic rings. The summed E-state index contributed by atoms with van der Waals surface area (Å²) >= 11 is 0. The van der Waals surface area contributed by atoms with Gasteiger partial charge in [-0.1, -0.05) is 0 Å². The van der Waals surface area contributed by atoms with Gasteiger partial charge in [0.1, 0.15) is 5.82 Å². The van der Waals surface area contributed by atoms with Gasteiger partial charge in [-0.15, -0.1) is 0 Å². The van der Waals surface area contributed by atoms with E-state index in [1.54, 1.807) is 6.92 Å². The fraction of sp³-hybridized carbons (Fsp3) is 0.538. The van der Waals surface area contributed by atoms with Gasteiger partial charge in [-0.25, -0.2) is 4.39 Å². The van der Waals surface area contributed by atoms with Gasteiger partial charge in [0, 0.05) is 18.1 Å². The average Bonchev–Trinajstić information content (AvgIpc) is 3.04. The molecule has 1 aliphatic rings. The molecule has 0 amide bonds. The number of aliphatic hydroxyl groups is 1. The maximum absolute atomic E-state index is 13.4. The van der Waals surface area contributed by atoms with Crippen LogP contribution in [0.1, 0.15) is 25.3 Å². The van der Waals surface area contributed by atoms with Crippen molar-refractivity contribution in [2.75, 3.05) is 7.11 Å². The van der Waals surface area contributed by atoms with Crippen LogP contribution in [0.25, 0.3) is 0 Å². The van der Waals surface area contributed by atoms with E-state index in [0.29, 0.717) is 23.5 Å². The van der Waals surface area contributed by atoms with Crippen molar-refractivity contribution >= 4 is 0 Å². The summed E-state index contributed by atoms with van der Waals surface area (Å²) in [5, 5.41) is 9.42. The molecule has 0 aliphatic heterocycles. The van der Waals surface area contributed by atoms with E-state index < -0.39 is 6.10 Å². The minimum Gasteiger partial charge on any atom is -0.493 e. The van der Waals surface area contributed by atoms with Crippen molar-refractivity contribution in [3.8, 4) is 11.5 Å². The van der Waals surface area contributed by atoms with Crippen molar-refractivity contribution in [1.82, 2.24) is 0 Å². The lowest BCUT2D eigenvalue weighted by Gasteiger charge is -2.16. The Kier molecular flexibility index (Phi) is 3.52. The van der Waals surface area contributed by atoms with E-state index in [2.05, 4.69) is 0 Å². The Bertz CT molecular complexity index is 400. The molecule has 1 N–H and O–H groups in total. The molecule has 0 radical (unpaired) electrons. The first-order chi connectivity index (χ1) is 8.10. The Labute approximate surface area is 100 Å². The second kappa shape index (κ2) is 4.92. The summed E-state index contributed by atoms with van der Waals surface area (Å²) in [7, 11) is 1.49. The van der Waals surface area contributed by atoms with Gasteiger partial charge in [0.25, 0.3) is 0 Å². The van der Waals surface area contributed by atoms with Crippen LogP contribution in [0.4, 0.5) is 4.39 Å². The van der Waals surface area contributed by atoms with Crippen molar-refractivity contribution in [2.24, 2.45) is 0 Å². The predicted molar refractivity (Wildman–Crippen MR) is 62.0 cm³/mol. The first-order valence-electron chi connectivity index (χ1n) is 5.81. The van der Waals surface area contributed by atoms with Crippen molar-refractivity contribution in [2.45, 2.75) is 38.4 Å². The quantitative estimate of drug-likeness (QED) is 0.858. The molecule has 1 unspecified atom stereocenters. The molecule has 17 heavy (non-hydrogen) atoms. The molecule has 1 atom stereocenters. The van der Waals surface area contributed by atoms with Crippen LogP contribution in [0.5, 0.6) is 11.5 Å². The summed E-state index contributed by atoms with van der Waals surface area (Å²) in [6.07, 6.45) is 2.07. The number of methoxy groups -OCH3 is 1. The van der Waals surface area contributed by atoms with E-state index in [1.165, 1.54) is 19.2 Å². The Morgan fingerprint density at radius 2 is 2.18 bits per heavy atom.